The molecule has 1 N–H and O–H groups in total. The molecule has 1 atom stereocenters. The Morgan fingerprint density at radius 2 is 1.75 bits per heavy atom. The fourth-order valence-electron chi connectivity index (χ4n) is 3.02. The van der Waals surface area contributed by atoms with Gasteiger partial charge in [0.05, 0.1) is 13.2 Å². The maximum absolute atomic E-state index is 13.2. The molecule has 0 amide bonds. The predicted molar refractivity (Wildman–Crippen MR) is 124 cm³/mol. The lowest BCUT2D eigenvalue weighted by Crippen LogP contribution is -2.42. The van der Waals surface area contributed by atoms with E-state index in [1.54, 1.807) is 14.2 Å². The SMILES string of the molecule is CN=C(NCC(c1ccc(F)cc1)N(C)C)N(C)Cc1ccccc1OC.I. The quantitative estimate of drug-likeness (QED) is 0.357. The second-order valence-corrected chi connectivity index (χ2v) is 6.63. The number of halogens is 2. The lowest BCUT2D eigenvalue weighted by Gasteiger charge is -2.28. The smallest absolute Gasteiger partial charge is 0.193 e. The van der Waals surface area contributed by atoms with Crippen LogP contribution in [0.25, 0.3) is 0 Å². The number of likely N-dealkylation sites (N-methyl/N-ethyl adjacent to an activating group) is 1. The lowest BCUT2D eigenvalue weighted by molar-refractivity contribution is 0.295. The summed E-state index contributed by atoms with van der Waals surface area (Å²) in [6, 6.07) is 14.7. The minimum atomic E-state index is -0.225. The van der Waals surface area contributed by atoms with Crippen LogP contribution in [0.5, 0.6) is 5.75 Å². The molecular weight excluding hydrogens is 470 g/mol. The van der Waals surface area contributed by atoms with E-state index in [0.717, 1.165) is 22.8 Å². The summed E-state index contributed by atoms with van der Waals surface area (Å²) in [6.45, 7) is 1.33. The summed E-state index contributed by atoms with van der Waals surface area (Å²) in [5.74, 6) is 1.42. The van der Waals surface area contributed by atoms with Gasteiger partial charge in [-0.3, -0.25) is 4.99 Å². The predicted octanol–water partition coefficient (Wildman–Crippen LogP) is 3.76. The summed E-state index contributed by atoms with van der Waals surface area (Å²) in [6.07, 6.45) is 0. The Labute approximate surface area is 184 Å². The van der Waals surface area contributed by atoms with Crippen molar-refractivity contribution in [3.05, 3.63) is 65.5 Å². The van der Waals surface area contributed by atoms with E-state index in [-0.39, 0.29) is 35.8 Å². The van der Waals surface area contributed by atoms with Crippen molar-refractivity contribution in [3.8, 4) is 5.75 Å². The number of nitrogens with one attached hydrogen (secondary N) is 1. The standard InChI is InChI=1S/C21H29FN4O.HI/c1-23-21(26(4)15-17-8-6-7-9-20(17)27-5)24-14-19(25(2)3)16-10-12-18(22)13-11-16;/h6-13,19H,14-15H2,1-5H3,(H,23,24);1H. The van der Waals surface area contributed by atoms with Gasteiger partial charge in [0.25, 0.3) is 0 Å². The highest BCUT2D eigenvalue weighted by Gasteiger charge is 2.16. The number of rotatable bonds is 7. The average molecular weight is 500 g/mol. The zero-order valence-corrected chi connectivity index (χ0v) is 19.5. The third-order valence-corrected chi connectivity index (χ3v) is 4.51. The molecule has 7 heteroatoms. The maximum atomic E-state index is 13.2. The summed E-state index contributed by atoms with van der Waals surface area (Å²) in [5.41, 5.74) is 2.14. The Balaban J connectivity index is 0.00000392. The summed E-state index contributed by atoms with van der Waals surface area (Å²) in [4.78, 5) is 8.55. The Hall–Kier alpha value is -1.87. The van der Waals surface area contributed by atoms with Gasteiger partial charge in [-0.25, -0.2) is 4.39 Å². The highest BCUT2D eigenvalue weighted by atomic mass is 127. The molecule has 0 saturated heterocycles. The molecule has 0 heterocycles. The first-order valence-electron chi connectivity index (χ1n) is 8.91. The molecule has 2 rings (SSSR count). The van der Waals surface area contributed by atoms with Crippen LogP contribution < -0.4 is 10.1 Å². The summed E-state index contributed by atoms with van der Waals surface area (Å²) in [7, 11) is 9.46. The van der Waals surface area contributed by atoms with Crippen LogP contribution in [0.3, 0.4) is 0 Å². The van der Waals surface area contributed by atoms with Crippen LogP contribution in [-0.4, -0.2) is 57.6 Å². The molecular formula is C21H30FIN4O. The Bertz CT molecular complexity index is 752. The van der Waals surface area contributed by atoms with Gasteiger partial charge in [-0.05, 0) is 37.9 Å². The lowest BCUT2D eigenvalue weighted by atomic mass is 10.1. The number of aliphatic imine (C=N–C) groups is 1. The van der Waals surface area contributed by atoms with Gasteiger partial charge in [0.1, 0.15) is 11.6 Å². The number of methoxy groups -OCH3 is 1. The third-order valence-electron chi connectivity index (χ3n) is 4.51. The molecule has 0 aliphatic carbocycles. The zero-order chi connectivity index (χ0) is 19.8. The molecule has 28 heavy (non-hydrogen) atoms. The van der Waals surface area contributed by atoms with Gasteiger partial charge in [0.15, 0.2) is 5.96 Å². The van der Waals surface area contributed by atoms with Crippen molar-refractivity contribution in [1.82, 2.24) is 15.1 Å². The number of nitrogens with zero attached hydrogens (tertiary/aromatic N) is 3. The third kappa shape index (κ3) is 6.63. The largest absolute Gasteiger partial charge is 0.496 e. The molecule has 0 aliphatic heterocycles. The number of ether oxygens (including phenoxy) is 1. The molecule has 0 aliphatic rings. The van der Waals surface area contributed by atoms with Crippen LogP contribution >= 0.6 is 24.0 Å². The van der Waals surface area contributed by atoms with Crippen molar-refractivity contribution in [2.75, 3.05) is 41.8 Å². The van der Waals surface area contributed by atoms with Gasteiger partial charge in [0.2, 0.25) is 0 Å². The summed E-state index contributed by atoms with van der Waals surface area (Å²) >= 11 is 0. The van der Waals surface area contributed by atoms with Crippen molar-refractivity contribution >= 4 is 29.9 Å². The summed E-state index contributed by atoms with van der Waals surface area (Å²) in [5, 5.41) is 3.42. The van der Waals surface area contributed by atoms with E-state index >= 15 is 0 Å². The molecule has 1 unspecified atom stereocenters. The Kier molecular flexibility index (Phi) is 10.2. The minimum absolute atomic E-state index is 0. The van der Waals surface area contributed by atoms with Gasteiger partial charge < -0.3 is 19.9 Å². The van der Waals surface area contributed by atoms with Gasteiger partial charge in [0, 0.05) is 32.7 Å². The van der Waals surface area contributed by atoms with E-state index in [1.165, 1.54) is 12.1 Å². The number of hydrogen-bond acceptors (Lipinski definition) is 3. The Morgan fingerprint density at radius 3 is 2.32 bits per heavy atom. The van der Waals surface area contributed by atoms with Crippen molar-refractivity contribution in [2.24, 2.45) is 4.99 Å². The molecule has 0 bridgehead atoms. The highest BCUT2D eigenvalue weighted by Crippen LogP contribution is 2.20. The first-order valence-corrected chi connectivity index (χ1v) is 8.91. The van der Waals surface area contributed by atoms with Gasteiger partial charge in [-0.2, -0.15) is 0 Å². The van der Waals surface area contributed by atoms with Crippen molar-refractivity contribution < 1.29 is 9.13 Å². The molecule has 0 saturated carbocycles. The topological polar surface area (TPSA) is 40.1 Å². The fourth-order valence-corrected chi connectivity index (χ4v) is 3.02. The highest BCUT2D eigenvalue weighted by molar-refractivity contribution is 14.0. The van der Waals surface area contributed by atoms with Gasteiger partial charge in [-0.1, -0.05) is 30.3 Å². The minimum Gasteiger partial charge on any atom is -0.496 e. The molecule has 5 nitrogen and oxygen atoms in total. The average Bonchev–Trinajstić information content (AvgIpc) is 2.66. The first-order chi connectivity index (χ1) is 13.0. The van der Waals surface area contributed by atoms with Crippen LogP contribution in [0.15, 0.2) is 53.5 Å². The molecule has 0 fully saturated rings. The number of guanidine groups is 1. The van der Waals surface area contributed by atoms with Crippen LogP contribution in [-0.2, 0) is 6.54 Å². The van der Waals surface area contributed by atoms with Crippen LogP contribution in [0, 0.1) is 5.82 Å². The molecule has 154 valence electrons. The van der Waals surface area contributed by atoms with Crippen molar-refractivity contribution in [3.63, 3.8) is 0 Å². The van der Waals surface area contributed by atoms with E-state index in [2.05, 4.69) is 20.1 Å². The Morgan fingerprint density at radius 1 is 1.11 bits per heavy atom. The van der Waals surface area contributed by atoms with E-state index in [1.807, 2.05) is 57.5 Å². The van der Waals surface area contributed by atoms with Gasteiger partial charge >= 0.3 is 0 Å². The van der Waals surface area contributed by atoms with Crippen LogP contribution in [0.1, 0.15) is 17.2 Å². The van der Waals surface area contributed by atoms with E-state index < -0.39 is 0 Å². The van der Waals surface area contributed by atoms with E-state index in [4.69, 9.17) is 4.74 Å². The molecule has 0 spiro atoms. The van der Waals surface area contributed by atoms with Gasteiger partial charge in [-0.15, -0.1) is 24.0 Å². The number of benzene rings is 2. The fraction of sp³-hybridized carbons (Fsp3) is 0.381. The second-order valence-electron chi connectivity index (χ2n) is 6.63. The van der Waals surface area contributed by atoms with Crippen molar-refractivity contribution in [2.45, 2.75) is 12.6 Å². The molecule has 2 aromatic carbocycles. The van der Waals surface area contributed by atoms with Crippen molar-refractivity contribution in [1.29, 1.82) is 0 Å². The maximum Gasteiger partial charge on any atom is 0.193 e. The van der Waals surface area contributed by atoms with Crippen LogP contribution in [0.2, 0.25) is 0 Å². The van der Waals surface area contributed by atoms with Crippen LogP contribution in [0.4, 0.5) is 4.39 Å². The summed E-state index contributed by atoms with van der Waals surface area (Å²) < 4.78 is 18.7. The second kappa shape index (κ2) is 11.9. The normalized spacial score (nSPS) is 12.3. The number of hydrogen-bond donors (Lipinski definition) is 1. The van der Waals surface area contributed by atoms with E-state index in [0.29, 0.717) is 13.1 Å². The monoisotopic (exact) mass is 500 g/mol. The molecule has 2 aromatic rings. The first kappa shape index (κ1) is 24.2. The van der Waals surface area contributed by atoms with E-state index in [9.17, 15) is 4.39 Å². The molecule has 0 radical (unpaired) electrons. The molecule has 0 aromatic heterocycles. The number of para-hydroxylation sites is 1. The zero-order valence-electron chi connectivity index (χ0n) is 17.1.